The average molecular weight is 353 g/mol. The lowest BCUT2D eigenvalue weighted by atomic mass is 9.97. The first-order valence-corrected chi connectivity index (χ1v) is 9.74. The number of piperidine rings is 1. The number of thioether (sulfide) groups is 1. The Balaban J connectivity index is 1.59. The van der Waals surface area contributed by atoms with Crippen molar-refractivity contribution in [1.29, 1.82) is 0 Å². The van der Waals surface area contributed by atoms with Crippen LogP contribution in [-0.2, 0) is 11.8 Å². The van der Waals surface area contributed by atoms with Crippen molar-refractivity contribution in [2.24, 2.45) is 7.05 Å². The van der Waals surface area contributed by atoms with Gasteiger partial charge in [0, 0.05) is 18.6 Å². The van der Waals surface area contributed by atoms with Crippen molar-refractivity contribution >= 4 is 34.1 Å². The Morgan fingerprint density at radius 2 is 2.43 bits per heavy atom. The molecule has 1 unspecified atom stereocenters. The molecule has 0 spiro atoms. The Morgan fingerprint density at radius 3 is 3.13 bits per heavy atom. The van der Waals surface area contributed by atoms with Gasteiger partial charge in [-0.05, 0) is 19.1 Å². The van der Waals surface area contributed by atoms with Crippen molar-refractivity contribution in [2.75, 3.05) is 31.2 Å². The molecule has 1 aliphatic rings. The molecule has 0 bridgehead atoms. The van der Waals surface area contributed by atoms with E-state index in [0.29, 0.717) is 17.6 Å². The number of likely N-dealkylation sites (tertiary alicyclic amines) is 1. The smallest absolute Gasteiger partial charge is 0.281 e. The highest BCUT2D eigenvalue weighted by atomic mass is 32.2. The molecule has 1 aliphatic heterocycles. The van der Waals surface area contributed by atoms with Crippen LogP contribution < -0.4 is 10.2 Å². The van der Waals surface area contributed by atoms with Gasteiger partial charge in [-0.15, -0.1) is 21.5 Å². The molecule has 0 aliphatic carbocycles. The molecule has 124 valence electrons. The molecule has 0 radical (unpaired) electrons. The van der Waals surface area contributed by atoms with Crippen LogP contribution in [0.3, 0.4) is 0 Å². The van der Waals surface area contributed by atoms with E-state index in [2.05, 4.69) is 25.1 Å². The second-order valence-electron chi connectivity index (χ2n) is 5.71. The number of amides is 1. The lowest BCUT2D eigenvalue weighted by Crippen LogP contribution is -3.14. The van der Waals surface area contributed by atoms with Gasteiger partial charge >= 0.3 is 0 Å². The van der Waals surface area contributed by atoms with Crippen LogP contribution in [0.2, 0.25) is 0 Å². The van der Waals surface area contributed by atoms with Crippen LogP contribution in [0, 0.1) is 0 Å². The first-order chi connectivity index (χ1) is 11.2. The minimum atomic E-state index is 0.0263. The molecule has 3 heterocycles. The SMILES string of the molecule is CSc1nnc([C@@H]2CCC[NH+](CC(=O)Nc3nccs3)C2)n1C. The number of rotatable bonds is 5. The van der Waals surface area contributed by atoms with E-state index >= 15 is 0 Å². The zero-order valence-corrected chi connectivity index (χ0v) is 14.9. The summed E-state index contributed by atoms with van der Waals surface area (Å²) in [5.74, 6) is 1.43. The average Bonchev–Trinajstić information content (AvgIpc) is 3.16. The van der Waals surface area contributed by atoms with Gasteiger partial charge in [-0.25, -0.2) is 4.98 Å². The van der Waals surface area contributed by atoms with Crippen molar-refractivity contribution in [1.82, 2.24) is 19.7 Å². The maximum absolute atomic E-state index is 12.1. The van der Waals surface area contributed by atoms with Crippen LogP contribution in [0.4, 0.5) is 5.13 Å². The van der Waals surface area contributed by atoms with Gasteiger partial charge in [-0.1, -0.05) is 11.8 Å². The van der Waals surface area contributed by atoms with E-state index in [1.54, 1.807) is 18.0 Å². The van der Waals surface area contributed by atoms with Gasteiger partial charge < -0.3 is 9.47 Å². The summed E-state index contributed by atoms with van der Waals surface area (Å²) in [5, 5.41) is 14.9. The van der Waals surface area contributed by atoms with E-state index in [9.17, 15) is 4.79 Å². The molecule has 0 saturated carbocycles. The molecule has 7 nitrogen and oxygen atoms in total. The third kappa shape index (κ3) is 3.91. The van der Waals surface area contributed by atoms with E-state index in [1.807, 2.05) is 18.7 Å². The fourth-order valence-electron chi connectivity index (χ4n) is 3.07. The summed E-state index contributed by atoms with van der Waals surface area (Å²) in [6.45, 7) is 2.42. The minimum absolute atomic E-state index is 0.0263. The van der Waals surface area contributed by atoms with Crippen LogP contribution in [0.1, 0.15) is 24.6 Å². The van der Waals surface area contributed by atoms with Crippen LogP contribution in [0.5, 0.6) is 0 Å². The number of thiazole rings is 1. The summed E-state index contributed by atoms with van der Waals surface area (Å²) in [6, 6.07) is 0. The Morgan fingerprint density at radius 1 is 1.57 bits per heavy atom. The van der Waals surface area contributed by atoms with E-state index in [1.165, 1.54) is 16.2 Å². The first kappa shape index (κ1) is 16.4. The molecule has 2 aromatic rings. The molecule has 2 atom stereocenters. The van der Waals surface area contributed by atoms with Crippen molar-refractivity contribution in [3.05, 3.63) is 17.4 Å². The summed E-state index contributed by atoms with van der Waals surface area (Å²) >= 11 is 3.05. The number of anilines is 1. The fourth-order valence-corrected chi connectivity index (χ4v) is 4.10. The number of hydrogen-bond acceptors (Lipinski definition) is 6. The quantitative estimate of drug-likeness (QED) is 0.761. The van der Waals surface area contributed by atoms with E-state index < -0.39 is 0 Å². The summed E-state index contributed by atoms with van der Waals surface area (Å²) in [7, 11) is 2.02. The maximum atomic E-state index is 12.1. The number of hydrogen-bond donors (Lipinski definition) is 2. The predicted molar refractivity (Wildman–Crippen MR) is 91.1 cm³/mol. The van der Waals surface area contributed by atoms with E-state index in [0.717, 1.165) is 36.9 Å². The Kier molecular flexibility index (Phi) is 5.29. The molecule has 1 amide bonds. The van der Waals surface area contributed by atoms with Crippen LogP contribution in [0.15, 0.2) is 16.7 Å². The van der Waals surface area contributed by atoms with Gasteiger partial charge in [0.05, 0.1) is 19.0 Å². The molecular formula is C14H21N6OS2+. The number of carbonyl (C=O) groups excluding carboxylic acids is 1. The van der Waals surface area contributed by atoms with Gasteiger partial charge in [0.25, 0.3) is 5.91 Å². The summed E-state index contributed by atoms with van der Waals surface area (Å²) in [4.78, 5) is 17.5. The van der Waals surface area contributed by atoms with Gasteiger partial charge in [-0.3, -0.25) is 10.1 Å². The molecule has 3 rings (SSSR count). The highest BCUT2D eigenvalue weighted by molar-refractivity contribution is 7.98. The minimum Gasteiger partial charge on any atom is -0.327 e. The number of nitrogens with one attached hydrogen (secondary N) is 2. The zero-order chi connectivity index (χ0) is 16.2. The standard InChI is InChI=1S/C14H20N6OS2/c1-19-12(17-18-14(19)22-2)10-4-3-6-20(8-10)9-11(21)16-13-15-5-7-23-13/h5,7,10H,3-4,6,8-9H2,1-2H3,(H,15,16,21)/p+1/t10-/m1/s1. The van der Waals surface area contributed by atoms with Gasteiger partial charge in [0.1, 0.15) is 5.82 Å². The lowest BCUT2D eigenvalue weighted by molar-refractivity contribution is -0.898. The monoisotopic (exact) mass is 353 g/mol. The fraction of sp³-hybridized carbons (Fsp3) is 0.571. The Bertz CT molecular complexity index is 656. The van der Waals surface area contributed by atoms with Crippen LogP contribution in [-0.4, -0.2) is 51.5 Å². The highest BCUT2D eigenvalue weighted by Gasteiger charge is 2.29. The van der Waals surface area contributed by atoms with Crippen molar-refractivity contribution in [3.8, 4) is 0 Å². The molecule has 2 N–H and O–H groups in total. The Hall–Kier alpha value is -1.45. The molecule has 2 aromatic heterocycles. The summed E-state index contributed by atoms with van der Waals surface area (Å²) < 4.78 is 2.08. The second kappa shape index (κ2) is 7.41. The van der Waals surface area contributed by atoms with Gasteiger partial charge in [0.15, 0.2) is 16.8 Å². The van der Waals surface area contributed by atoms with Crippen molar-refractivity contribution in [3.63, 3.8) is 0 Å². The van der Waals surface area contributed by atoms with E-state index in [-0.39, 0.29) is 5.91 Å². The number of nitrogens with zero attached hydrogens (tertiary/aromatic N) is 4. The first-order valence-electron chi connectivity index (χ1n) is 7.63. The zero-order valence-electron chi connectivity index (χ0n) is 13.3. The number of carbonyl (C=O) groups is 1. The molecule has 1 fully saturated rings. The third-order valence-electron chi connectivity index (χ3n) is 4.12. The number of aromatic nitrogens is 4. The van der Waals surface area contributed by atoms with Gasteiger partial charge in [0.2, 0.25) is 0 Å². The predicted octanol–water partition coefficient (Wildman–Crippen LogP) is 0.394. The van der Waals surface area contributed by atoms with Gasteiger partial charge in [-0.2, -0.15) is 0 Å². The summed E-state index contributed by atoms with van der Waals surface area (Å²) in [6.07, 6.45) is 5.92. The Labute approximate surface area is 143 Å². The van der Waals surface area contributed by atoms with Crippen LogP contribution >= 0.6 is 23.1 Å². The maximum Gasteiger partial charge on any atom is 0.281 e. The number of quaternary nitrogens is 1. The molecule has 9 heteroatoms. The highest BCUT2D eigenvalue weighted by Crippen LogP contribution is 2.22. The van der Waals surface area contributed by atoms with Crippen molar-refractivity contribution in [2.45, 2.75) is 23.9 Å². The topological polar surface area (TPSA) is 77.1 Å². The van der Waals surface area contributed by atoms with Crippen LogP contribution in [0.25, 0.3) is 0 Å². The second-order valence-corrected chi connectivity index (χ2v) is 7.38. The lowest BCUT2D eigenvalue weighted by Gasteiger charge is -2.28. The summed E-state index contributed by atoms with van der Waals surface area (Å²) in [5.41, 5.74) is 0. The van der Waals surface area contributed by atoms with Crippen molar-refractivity contribution < 1.29 is 9.69 Å². The third-order valence-corrected chi connectivity index (χ3v) is 5.53. The normalized spacial score (nSPS) is 21.3. The molecule has 1 saturated heterocycles. The molecular weight excluding hydrogens is 332 g/mol. The van der Waals surface area contributed by atoms with E-state index in [4.69, 9.17) is 0 Å². The molecule has 23 heavy (non-hydrogen) atoms. The molecule has 0 aromatic carbocycles. The largest absolute Gasteiger partial charge is 0.327 e.